The molecule has 0 amide bonds. The van der Waals surface area contributed by atoms with E-state index in [0.29, 0.717) is 0 Å². The summed E-state index contributed by atoms with van der Waals surface area (Å²) in [6.07, 6.45) is 14.0. The predicted molar refractivity (Wildman–Crippen MR) is 62.8 cm³/mol. The van der Waals surface area contributed by atoms with Crippen LogP contribution in [0.4, 0.5) is 0 Å². The molecule has 0 N–H and O–H groups in total. The predicted octanol–water partition coefficient (Wildman–Crippen LogP) is 3.55. The molecule has 0 aromatic carbocycles. The molecule has 1 aliphatic carbocycles. The fourth-order valence-electron chi connectivity index (χ4n) is 2.65. The van der Waals surface area contributed by atoms with Crippen LogP contribution < -0.4 is 0 Å². The van der Waals surface area contributed by atoms with E-state index in [1.165, 1.54) is 50.6 Å². The summed E-state index contributed by atoms with van der Waals surface area (Å²) < 4.78 is 2.27. The highest BCUT2D eigenvalue weighted by atomic mass is 15.0. The topological polar surface area (TPSA) is 17.8 Å². The molecule has 1 aromatic rings. The molecule has 0 radical (unpaired) electrons. The summed E-state index contributed by atoms with van der Waals surface area (Å²) >= 11 is 0. The number of aromatic nitrogens is 2. The normalized spacial score (nSPS) is 18.2. The molecule has 1 heterocycles. The second kappa shape index (κ2) is 5.34. The molecular formula is C13H22N2. The van der Waals surface area contributed by atoms with Gasteiger partial charge < -0.3 is 4.57 Å². The van der Waals surface area contributed by atoms with Crippen molar-refractivity contribution >= 4 is 0 Å². The molecule has 1 aromatic heterocycles. The van der Waals surface area contributed by atoms with Gasteiger partial charge >= 0.3 is 0 Å². The zero-order chi connectivity index (χ0) is 10.5. The highest BCUT2D eigenvalue weighted by Gasteiger charge is 2.12. The van der Waals surface area contributed by atoms with Crippen LogP contribution in [0.2, 0.25) is 0 Å². The average Bonchev–Trinajstić information content (AvgIpc) is 2.66. The molecule has 0 aliphatic heterocycles. The van der Waals surface area contributed by atoms with Crippen LogP contribution >= 0.6 is 0 Å². The van der Waals surface area contributed by atoms with Crippen LogP contribution in [0.1, 0.15) is 50.6 Å². The Morgan fingerprint density at radius 1 is 1.33 bits per heavy atom. The highest BCUT2D eigenvalue weighted by Crippen LogP contribution is 2.27. The summed E-state index contributed by atoms with van der Waals surface area (Å²) in [6.45, 7) is 3.29. The smallest absolute Gasteiger partial charge is 0.0948 e. The van der Waals surface area contributed by atoms with E-state index in [2.05, 4.69) is 16.5 Å². The van der Waals surface area contributed by atoms with Gasteiger partial charge in [0.05, 0.1) is 6.33 Å². The number of imidazole rings is 1. The van der Waals surface area contributed by atoms with Crippen molar-refractivity contribution in [3.63, 3.8) is 0 Å². The second-order valence-corrected chi connectivity index (χ2v) is 4.87. The lowest BCUT2D eigenvalue weighted by atomic mass is 9.86. The third kappa shape index (κ3) is 3.08. The summed E-state index contributed by atoms with van der Waals surface area (Å²) in [5.41, 5.74) is 1.29. The summed E-state index contributed by atoms with van der Waals surface area (Å²) in [4.78, 5) is 4.15. The standard InChI is InChI=1S/C13H22N2/c1-12-10-14-11-15(12)9-5-8-13-6-3-2-4-7-13/h10-11,13H,2-9H2,1H3. The van der Waals surface area contributed by atoms with Crippen LogP contribution in [0.25, 0.3) is 0 Å². The van der Waals surface area contributed by atoms with Crippen molar-refractivity contribution in [1.29, 1.82) is 0 Å². The van der Waals surface area contributed by atoms with E-state index < -0.39 is 0 Å². The van der Waals surface area contributed by atoms with Gasteiger partial charge in [0.15, 0.2) is 0 Å². The lowest BCUT2D eigenvalue weighted by molar-refractivity contribution is 0.326. The Kier molecular flexibility index (Phi) is 3.81. The third-order valence-electron chi connectivity index (χ3n) is 3.66. The molecule has 0 bridgehead atoms. The molecule has 1 saturated carbocycles. The van der Waals surface area contributed by atoms with Crippen LogP contribution in [-0.2, 0) is 6.54 Å². The third-order valence-corrected chi connectivity index (χ3v) is 3.66. The molecule has 84 valence electrons. The Balaban J connectivity index is 1.68. The van der Waals surface area contributed by atoms with Gasteiger partial charge in [0.25, 0.3) is 0 Å². The van der Waals surface area contributed by atoms with Gasteiger partial charge in [0.1, 0.15) is 0 Å². The molecule has 15 heavy (non-hydrogen) atoms. The van der Waals surface area contributed by atoms with Gasteiger partial charge in [-0.2, -0.15) is 0 Å². The minimum atomic E-state index is 1.02. The van der Waals surface area contributed by atoms with Crippen LogP contribution in [0.3, 0.4) is 0 Å². The number of rotatable bonds is 4. The van der Waals surface area contributed by atoms with Gasteiger partial charge in [-0.15, -0.1) is 0 Å². The highest BCUT2D eigenvalue weighted by molar-refractivity contribution is 4.93. The maximum Gasteiger partial charge on any atom is 0.0948 e. The molecule has 0 spiro atoms. The van der Waals surface area contributed by atoms with E-state index in [1.54, 1.807) is 0 Å². The first-order valence-corrected chi connectivity index (χ1v) is 6.33. The first-order valence-electron chi connectivity index (χ1n) is 6.33. The summed E-state index contributed by atoms with van der Waals surface area (Å²) in [5.74, 6) is 1.02. The first-order chi connectivity index (χ1) is 7.36. The minimum Gasteiger partial charge on any atom is -0.335 e. The second-order valence-electron chi connectivity index (χ2n) is 4.87. The zero-order valence-electron chi connectivity index (χ0n) is 9.78. The van der Waals surface area contributed by atoms with E-state index in [4.69, 9.17) is 0 Å². The Hall–Kier alpha value is -0.790. The van der Waals surface area contributed by atoms with Crippen molar-refractivity contribution in [1.82, 2.24) is 9.55 Å². The maximum absolute atomic E-state index is 4.15. The Morgan fingerprint density at radius 3 is 2.80 bits per heavy atom. The van der Waals surface area contributed by atoms with Gasteiger partial charge in [-0.1, -0.05) is 32.1 Å². The van der Waals surface area contributed by atoms with Gasteiger partial charge in [-0.25, -0.2) is 4.98 Å². The number of aryl methyl sites for hydroxylation is 2. The maximum atomic E-state index is 4.15. The fraction of sp³-hybridized carbons (Fsp3) is 0.769. The first kappa shape index (κ1) is 10.7. The zero-order valence-corrected chi connectivity index (χ0v) is 9.78. The van der Waals surface area contributed by atoms with Gasteiger partial charge in [-0.05, 0) is 25.7 Å². The van der Waals surface area contributed by atoms with Gasteiger partial charge in [0, 0.05) is 18.4 Å². The summed E-state index contributed by atoms with van der Waals surface area (Å²) in [7, 11) is 0. The molecular weight excluding hydrogens is 184 g/mol. The van der Waals surface area contributed by atoms with Crippen LogP contribution in [0.15, 0.2) is 12.5 Å². The number of hydrogen-bond acceptors (Lipinski definition) is 1. The van der Waals surface area contributed by atoms with Crippen LogP contribution in [-0.4, -0.2) is 9.55 Å². The lowest BCUT2D eigenvalue weighted by Crippen LogP contribution is -2.08. The number of nitrogens with zero attached hydrogens (tertiary/aromatic N) is 2. The Bertz CT molecular complexity index is 284. The van der Waals surface area contributed by atoms with E-state index >= 15 is 0 Å². The monoisotopic (exact) mass is 206 g/mol. The van der Waals surface area contributed by atoms with Gasteiger partial charge in [-0.3, -0.25) is 0 Å². The molecule has 2 heteroatoms. The van der Waals surface area contributed by atoms with Crippen molar-refractivity contribution in [2.45, 2.75) is 58.4 Å². The van der Waals surface area contributed by atoms with Crippen molar-refractivity contribution in [2.75, 3.05) is 0 Å². The molecule has 1 aliphatic rings. The lowest BCUT2D eigenvalue weighted by Gasteiger charge is -2.21. The minimum absolute atomic E-state index is 1.02. The van der Waals surface area contributed by atoms with E-state index in [9.17, 15) is 0 Å². The molecule has 2 rings (SSSR count). The summed E-state index contributed by atoms with van der Waals surface area (Å²) in [6, 6.07) is 0. The summed E-state index contributed by atoms with van der Waals surface area (Å²) in [5, 5.41) is 0. The van der Waals surface area contributed by atoms with Crippen LogP contribution in [0, 0.1) is 12.8 Å². The Morgan fingerprint density at radius 2 is 2.13 bits per heavy atom. The molecule has 1 fully saturated rings. The van der Waals surface area contributed by atoms with E-state index in [0.717, 1.165) is 12.5 Å². The van der Waals surface area contributed by atoms with E-state index in [1.807, 2.05) is 12.5 Å². The van der Waals surface area contributed by atoms with Crippen LogP contribution in [0.5, 0.6) is 0 Å². The van der Waals surface area contributed by atoms with Crippen molar-refractivity contribution in [3.05, 3.63) is 18.2 Å². The molecule has 0 atom stereocenters. The largest absolute Gasteiger partial charge is 0.335 e. The Labute approximate surface area is 92.7 Å². The fourth-order valence-corrected chi connectivity index (χ4v) is 2.65. The number of hydrogen-bond donors (Lipinski definition) is 0. The molecule has 2 nitrogen and oxygen atoms in total. The van der Waals surface area contributed by atoms with Crippen molar-refractivity contribution in [3.8, 4) is 0 Å². The average molecular weight is 206 g/mol. The quantitative estimate of drug-likeness (QED) is 0.736. The van der Waals surface area contributed by atoms with Gasteiger partial charge in [0.2, 0.25) is 0 Å². The molecule has 0 saturated heterocycles. The van der Waals surface area contributed by atoms with Crippen molar-refractivity contribution in [2.24, 2.45) is 5.92 Å². The van der Waals surface area contributed by atoms with Crippen molar-refractivity contribution < 1.29 is 0 Å². The molecule has 0 unspecified atom stereocenters. The SMILES string of the molecule is Cc1cncn1CCCC1CCCCC1. The van der Waals surface area contributed by atoms with E-state index in [-0.39, 0.29) is 0 Å².